The van der Waals surface area contributed by atoms with Crippen LogP contribution >= 0.6 is 35.4 Å². The van der Waals surface area contributed by atoms with E-state index in [2.05, 4.69) is 5.32 Å². The fourth-order valence-corrected chi connectivity index (χ4v) is 2.11. The lowest BCUT2D eigenvalue weighted by atomic mass is 10.1. The topological polar surface area (TPSA) is 55.1 Å². The van der Waals surface area contributed by atoms with Gasteiger partial charge in [-0.05, 0) is 30.3 Å². The number of benzene rings is 2. The van der Waals surface area contributed by atoms with Crippen molar-refractivity contribution in [1.82, 2.24) is 0 Å². The molecule has 0 aromatic heterocycles. The molecular formula is C14H10Cl2N2OS. The van der Waals surface area contributed by atoms with E-state index in [9.17, 15) is 4.79 Å². The first-order valence-corrected chi connectivity index (χ1v) is 6.80. The van der Waals surface area contributed by atoms with Crippen molar-refractivity contribution in [2.75, 3.05) is 5.32 Å². The highest BCUT2D eigenvalue weighted by Gasteiger charge is 2.11. The molecule has 0 atom stereocenters. The first-order valence-electron chi connectivity index (χ1n) is 5.64. The Morgan fingerprint density at radius 2 is 1.80 bits per heavy atom. The van der Waals surface area contributed by atoms with Crippen molar-refractivity contribution in [1.29, 1.82) is 0 Å². The molecule has 1 amide bonds. The number of thiocarbonyl (C=S) groups is 1. The SMILES string of the molecule is NC(=S)c1ccccc1NC(=O)c1ccc(Cl)c(Cl)c1. The smallest absolute Gasteiger partial charge is 0.255 e. The number of rotatable bonds is 3. The summed E-state index contributed by atoms with van der Waals surface area (Å²) in [6.45, 7) is 0. The monoisotopic (exact) mass is 324 g/mol. The van der Waals surface area contributed by atoms with Crippen LogP contribution < -0.4 is 11.1 Å². The third kappa shape index (κ3) is 3.28. The number of hydrogen-bond donors (Lipinski definition) is 2. The van der Waals surface area contributed by atoms with Crippen molar-refractivity contribution in [3.8, 4) is 0 Å². The number of hydrogen-bond acceptors (Lipinski definition) is 2. The standard InChI is InChI=1S/C14H10Cl2N2OS/c15-10-6-5-8(7-11(10)16)14(19)18-12-4-2-1-3-9(12)13(17)20/h1-7H,(H2,17,20)(H,18,19). The molecule has 2 aromatic rings. The number of nitrogens with two attached hydrogens (primary N) is 1. The van der Waals surface area contributed by atoms with E-state index in [0.29, 0.717) is 26.9 Å². The number of carbonyl (C=O) groups excluding carboxylic acids is 1. The van der Waals surface area contributed by atoms with Gasteiger partial charge >= 0.3 is 0 Å². The molecule has 0 heterocycles. The normalized spacial score (nSPS) is 10.1. The van der Waals surface area contributed by atoms with Crippen LogP contribution in [0.1, 0.15) is 15.9 Å². The maximum atomic E-state index is 12.2. The fourth-order valence-electron chi connectivity index (χ4n) is 1.64. The molecule has 3 nitrogen and oxygen atoms in total. The van der Waals surface area contributed by atoms with Crippen LogP contribution in [0.3, 0.4) is 0 Å². The Morgan fingerprint density at radius 1 is 1.10 bits per heavy atom. The van der Waals surface area contributed by atoms with Gasteiger partial charge in [-0.1, -0.05) is 47.6 Å². The molecule has 0 spiro atoms. The van der Waals surface area contributed by atoms with E-state index in [4.69, 9.17) is 41.2 Å². The van der Waals surface area contributed by atoms with Crippen LogP contribution in [0.25, 0.3) is 0 Å². The first kappa shape index (κ1) is 14.8. The molecule has 0 radical (unpaired) electrons. The molecule has 0 fully saturated rings. The molecule has 0 aliphatic carbocycles. The number of carbonyl (C=O) groups is 1. The zero-order valence-electron chi connectivity index (χ0n) is 10.2. The fraction of sp³-hybridized carbons (Fsp3) is 0. The third-order valence-corrected chi connectivity index (χ3v) is 3.58. The summed E-state index contributed by atoms with van der Waals surface area (Å²) < 4.78 is 0. The van der Waals surface area contributed by atoms with Crippen LogP contribution in [0.4, 0.5) is 5.69 Å². The Balaban J connectivity index is 2.28. The molecule has 0 aliphatic heterocycles. The Bertz CT molecular complexity index is 689. The second-order valence-corrected chi connectivity index (χ2v) is 5.25. The van der Waals surface area contributed by atoms with Crippen LogP contribution in [0, 0.1) is 0 Å². The predicted molar refractivity (Wildman–Crippen MR) is 86.7 cm³/mol. The van der Waals surface area contributed by atoms with Gasteiger partial charge in [-0.3, -0.25) is 4.79 Å². The van der Waals surface area contributed by atoms with E-state index in [1.165, 1.54) is 6.07 Å². The predicted octanol–water partition coefficient (Wildman–Crippen LogP) is 3.88. The molecule has 102 valence electrons. The van der Waals surface area contributed by atoms with Crippen LogP contribution in [-0.2, 0) is 0 Å². The van der Waals surface area contributed by atoms with Gasteiger partial charge in [0.05, 0.1) is 15.7 Å². The molecule has 6 heteroatoms. The summed E-state index contributed by atoms with van der Waals surface area (Å²) in [5.74, 6) is -0.313. The van der Waals surface area contributed by atoms with Gasteiger partial charge in [0.15, 0.2) is 0 Å². The molecule has 0 aliphatic rings. The Labute approximate surface area is 131 Å². The van der Waals surface area contributed by atoms with Crippen molar-refractivity contribution >= 4 is 52.0 Å². The van der Waals surface area contributed by atoms with Gasteiger partial charge in [0.2, 0.25) is 0 Å². The van der Waals surface area contributed by atoms with E-state index < -0.39 is 0 Å². The molecule has 20 heavy (non-hydrogen) atoms. The number of amides is 1. The molecule has 0 unspecified atom stereocenters. The summed E-state index contributed by atoms with van der Waals surface area (Å²) in [6, 6.07) is 11.7. The largest absolute Gasteiger partial charge is 0.389 e. The number of anilines is 1. The number of para-hydroxylation sites is 1. The summed E-state index contributed by atoms with van der Waals surface area (Å²) in [5.41, 5.74) is 7.17. The number of nitrogens with one attached hydrogen (secondary N) is 1. The minimum absolute atomic E-state index is 0.218. The van der Waals surface area contributed by atoms with E-state index >= 15 is 0 Å². The zero-order chi connectivity index (χ0) is 14.7. The quantitative estimate of drug-likeness (QED) is 0.842. The van der Waals surface area contributed by atoms with Crippen LogP contribution in [0.5, 0.6) is 0 Å². The lowest BCUT2D eigenvalue weighted by molar-refractivity contribution is 0.102. The molecular weight excluding hydrogens is 315 g/mol. The van der Waals surface area contributed by atoms with Crippen molar-refractivity contribution in [3.63, 3.8) is 0 Å². The van der Waals surface area contributed by atoms with Crippen molar-refractivity contribution in [2.45, 2.75) is 0 Å². The number of halogens is 2. The zero-order valence-corrected chi connectivity index (χ0v) is 12.5. The van der Waals surface area contributed by atoms with Crippen molar-refractivity contribution in [3.05, 3.63) is 63.6 Å². The Morgan fingerprint density at radius 3 is 2.45 bits per heavy atom. The maximum Gasteiger partial charge on any atom is 0.255 e. The van der Waals surface area contributed by atoms with Gasteiger partial charge in [-0.15, -0.1) is 0 Å². The molecule has 0 saturated carbocycles. The molecule has 3 N–H and O–H groups in total. The third-order valence-electron chi connectivity index (χ3n) is 2.62. The molecule has 0 saturated heterocycles. The average molecular weight is 325 g/mol. The highest BCUT2D eigenvalue weighted by Crippen LogP contribution is 2.23. The van der Waals surface area contributed by atoms with Crippen molar-refractivity contribution in [2.24, 2.45) is 5.73 Å². The van der Waals surface area contributed by atoms with Gasteiger partial charge in [0.25, 0.3) is 5.91 Å². The van der Waals surface area contributed by atoms with Crippen LogP contribution in [0.15, 0.2) is 42.5 Å². The molecule has 0 bridgehead atoms. The van der Waals surface area contributed by atoms with Crippen LogP contribution in [-0.4, -0.2) is 10.9 Å². The summed E-state index contributed by atoms with van der Waals surface area (Å²) in [7, 11) is 0. The van der Waals surface area contributed by atoms with Crippen molar-refractivity contribution < 1.29 is 4.79 Å². The van der Waals surface area contributed by atoms with Crippen LogP contribution in [0.2, 0.25) is 10.0 Å². The summed E-state index contributed by atoms with van der Waals surface area (Å²) in [6.07, 6.45) is 0. The average Bonchev–Trinajstić information content (AvgIpc) is 2.42. The Kier molecular flexibility index (Phi) is 4.60. The second-order valence-electron chi connectivity index (χ2n) is 3.99. The van der Waals surface area contributed by atoms with Gasteiger partial charge in [-0.25, -0.2) is 0 Å². The maximum absolute atomic E-state index is 12.2. The first-order chi connectivity index (χ1) is 9.49. The lowest BCUT2D eigenvalue weighted by Gasteiger charge is -2.10. The van der Waals surface area contributed by atoms with Gasteiger partial charge in [0, 0.05) is 11.1 Å². The summed E-state index contributed by atoms with van der Waals surface area (Å²) in [5, 5.41) is 3.46. The van der Waals surface area contributed by atoms with E-state index in [1.54, 1.807) is 36.4 Å². The van der Waals surface area contributed by atoms with Gasteiger partial charge < -0.3 is 11.1 Å². The second kappa shape index (κ2) is 6.22. The summed E-state index contributed by atoms with van der Waals surface area (Å²) in [4.78, 5) is 12.4. The highest BCUT2D eigenvalue weighted by molar-refractivity contribution is 7.80. The van der Waals surface area contributed by atoms with Gasteiger partial charge in [0.1, 0.15) is 4.99 Å². The van der Waals surface area contributed by atoms with E-state index in [-0.39, 0.29) is 10.9 Å². The van der Waals surface area contributed by atoms with E-state index in [0.717, 1.165) is 0 Å². The minimum Gasteiger partial charge on any atom is -0.389 e. The molecule has 2 rings (SSSR count). The lowest BCUT2D eigenvalue weighted by Crippen LogP contribution is -2.17. The molecule has 2 aromatic carbocycles. The van der Waals surface area contributed by atoms with Gasteiger partial charge in [-0.2, -0.15) is 0 Å². The minimum atomic E-state index is -0.313. The summed E-state index contributed by atoms with van der Waals surface area (Å²) >= 11 is 16.6. The van der Waals surface area contributed by atoms with E-state index in [1.807, 2.05) is 0 Å². The Hall–Kier alpha value is -1.62. The highest BCUT2D eigenvalue weighted by atomic mass is 35.5.